The number of ether oxygens (including phenoxy) is 1. The average Bonchev–Trinajstić information content (AvgIpc) is 2.61. The van der Waals surface area contributed by atoms with Crippen LogP contribution in [0.2, 0.25) is 0 Å². The predicted octanol–water partition coefficient (Wildman–Crippen LogP) is 4.02. The zero-order chi connectivity index (χ0) is 17.5. The molecule has 3 rings (SSSR count). The molecular formula is C20H25N3O2. The summed E-state index contributed by atoms with van der Waals surface area (Å²) in [5.41, 5.74) is 2.71. The van der Waals surface area contributed by atoms with Crippen molar-refractivity contribution in [3.05, 3.63) is 48.0 Å². The molecule has 0 aliphatic carbocycles. The van der Waals surface area contributed by atoms with E-state index in [2.05, 4.69) is 39.9 Å². The van der Waals surface area contributed by atoms with Crippen molar-refractivity contribution in [3.63, 3.8) is 0 Å². The number of carbonyl (C=O) groups excluding carboxylic acids is 1. The van der Waals surface area contributed by atoms with Crippen LogP contribution < -0.4 is 15.4 Å². The number of hydrogen-bond acceptors (Lipinski definition) is 4. The summed E-state index contributed by atoms with van der Waals surface area (Å²) in [5, 5.41) is 6.30. The quantitative estimate of drug-likeness (QED) is 0.748. The van der Waals surface area contributed by atoms with Gasteiger partial charge in [0.1, 0.15) is 5.82 Å². The summed E-state index contributed by atoms with van der Waals surface area (Å²) in [5.74, 6) is 0.942. The summed E-state index contributed by atoms with van der Waals surface area (Å²) in [6.45, 7) is 2.10. The summed E-state index contributed by atoms with van der Waals surface area (Å²) in [6, 6.07) is 14.5. The smallest absolute Gasteiger partial charge is 0.222 e. The van der Waals surface area contributed by atoms with Gasteiger partial charge in [-0.3, -0.25) is 4.79 Å². The van der Waals surface area contributed by atoms with Crippen LogP contribution in [0.25, 0.3) is 0 Å². The minimum Gasteiger partial charge on any atom is -0.478 e. The molecule has 1 aliphatic rings. The van der Waals surface area contributed by atoms with E-state index >= 15 is 0 Å². The van der Waals surface area contributed by atoms with Crippen LogP contribution in [0, 0.1) is 0 Å². The van der Waals surface area contributed by atoms with Crippen LogP contribution in [0.4, 0.5) is 11.5 Å². The molecule has 132 valence electrons. The van der Waals surface area contributed by atoms with Crippen molar-refractivity contribution in [1.29, 1.82) is 0 Å². The van der Waals surface area contributed by atoms with Gasteiger partial charge in [-0.1, -0.05) is 24.3 Å². The zero-order valence-corrected chi connectivity index (χ0v) is 14.6. The van der Waals surface area contributed by atoms with Gasteiger partial charge >= 0.3 is 0 Å². The molecule has 1 atom stereocenters. The van der Waals surface area contributed by atoms with Gasteiger partial charge in [0.25, 0.3) is 0 Å². The highest BCUT2D eigenvalue weighted by molar-refractivity contribution is 5.87. The minimum absolute atomic E-state index is 0.133. The van der Waals surface area contributed by atoms with Gasteiger partial charge in [0.05, 0.1) is 6.61 Å². The van der Waals surface area contributed by atoms with Gasteiger partial charge in [-0.05, 0) is 49.8 Å². The SMILES string of the molecule is CC(=O)Nc1cccc(OCCCCC2CCc3ccccc3N2)n1. The number of anilines is 2. The lowest BCUT2D eigenvalue weighted by Crippen LogP contribution is -2.25. The summed E-state index contributed by atoms with van der Waals surface area (Å²) in [4.78, 5) is 15.3. The molecule has 0 spiro atoms. The van der Waals surface area contributed by atoms with E-state index in [-0.39, 0.29) is 5.91 Å². The van der Waals surface area contributed by atoms with Gasteiger partial charge in [-0.2, -0.15) is 4.98 Å². The summed E-state index contributed by atoms with van der Waals surface area (Å²) in [6.07, 6.45) is 5.61. The Hall–Kier alpha value is -2.56. The molecule has 1 aromatic carbocycles. The van der Waals surface area contributed by atoms with Gasteiger partial charge in [0, 0.05) is 24.7 Å². The number of unbranched alkanes of at least 4 members (excludes halogenated alkanes) is 1. The van der Waals surface area contributed by atoms with E-state index in [1.807, 2.05) is 12.1 Å². The normalized spacial score (nSPS) is 15.8. The molecule has 25 heavy (non-hydrogen) atoms. The number of para-hydroxylation sites is 1. The second-order valence-corrected chi connectivity index (χ2v) is 6.42. The number of benzene rings is 1. The highest BCUT2D eigenvalue weighted by Crippen LogP contribution is 2.26. The predicted molar refractivity (Wildman–Crippen MR) is 100 cm³/mol. The van der Waals surface area contributed by atoms with Gasteiger partial charge < -0.3 is 15.4 Å². The first-order chi connectivity index (χ1) is 12.2. The first-order valence-electron chi connectivity index (χ1n) is 8.92. The number of carbonyl (C=O) groups is 1. The number of rotatable bonds is 7. The molecule has 2 aromatic rings. The maximum absolute atomic E-state index is 11.1. The Kier molecular flexibility index (Phi) is 5.88. The van der Waals surface area contributed by atoms with Crippen LogP contribution in [0.5, 0.6) is 5.88 Å². The van der Waals surface area contributed by atoms with Crippen LogP contribution in [-0.4, -0.2) is 23.5 Å². The van der Waals surface area contributed by atoms with E-state index in [1.54, 1.807) is 6.07 Å². The van der Waals surface area contributed by atoms with Crippen LogP contribution >= 0.6 is 0 Å². The third kappa shape index (κ3) is 5.21. The highest BCUT2D eigenvalue weighted by Gasteiger charge is 2.16. The average molecular weight is 339 g/mol. The number of aryl methyl sites for hydroxylation is 1. The molecule has 0 fully saturated rings. The molecule has 1 amide bonds. The lowest BCUT2D eigenvalue weighted by atomic mass is 9.95. The fraction of sp³-hybridized carbons (Fsp3) is 0.400. The molecule has 1 aromatic heterocycles. The number of nitrogens with one attached hydrogen (secondary N) is 2. The molecule has 0 bridgehead atoms. The van der Waals surface area contributed by atoms with Crippen LogP contribution in [-0.2, 0) is 11.2 Å². The van der Waals surface area contributed by atoms with Crippen molar-refractivity contribution in [1.82, 2.24) is 4.98 Å². The molecular weight excluding hydrogens is 314 g/mol. The first kappa shape index (κ1) is 17.3. The Balaban J connectivity index is 1.36. The lowest BCUT2D eigenvalue weighted by molar-refractivity contribution is -0.114. The maximum Gasteiger partial charge on any atom is 0.222 e. The van der Waals surface area contributed by atoms with Crippen molar-refractivity contribution >= 4 is 17.4 Å². The lowest BCUT2D eigenvalue weighted by Gasteiger charge is -2.27. The molecule has 5 nitrogen and oxygen atoms in total. The monoisotopic (exact) mass is 339 g/mol. The van der Waals surface area contributed by atoms with E-state index in [1.165, 1.54) is 24.6 Å². The Morgan fingerprint density at radius 1 is 1.24 bits per heavy atom. The molecule has 0 saturated heterocycles. The second-order valence-electron chi connectivity index (χ2n) is 6.42. The zero-order valence-electron chi connectivity index (χ0n) is 14.6. The molecule has 2 heterocycles. The third-order valence-electron chi connectivity index (χ3n) is 4.36. The largest absolute Gasteiger partial charge is 0.478 e. The topological polar surface area (TPSA) is 63.2 Å². The van der Waals surface area contributed by atoms with Gasteiger partial charge in [0.15, 0.2) is 0 Å². The van der Waals surface area contributed by atoms with Gasteiger partial charge in [0.2, 0.25) is 11.8 Å². The van der Waals surface area contributed by atoms with E-state index in [0.29, 0.717) is 24.3 Å². The molecule has 1 unspecified atom stereocenters. The number of pyridine rings is 1. The minimum atomic E-state index is -0.133. The Bertz CT molecular complexity index is 718. The van der Waals surface area contributed by atoms with Crippen LogP contribution in [0.1, 0.15) is 38.2 Å². The van der Waals surface area contributed by atoms with Crippen LogP contribution in [0.3, 0.4) is 0 Å². The molecule has 2 N–H and O–H groups in total. The molecule has 1 aliphatic heterocycles. The highest BCUT2D eigenvalue weighted by atomic mass is 16.5. The third-order valence-corrected chi connectivity index (χ3v) is 4.36. The molecule has 5 heteroatoms. The van der Waals surface area contributed by atoms with E-state index in [9.17, 15) is 4.79 Å². The number of aromatic nitrogens is 1. The maximum atomic E-state index is 11.1. The van der Waals surface area contributed by atoms with Crippen molar-refractivity contribution in [2.75, 3.05) is 17.2 Å². The number of nitrogens with zero attached hydrogens (tertiary/aromatic N) is 1. The van der Waals surface area contributed by atoms with Gasteiger partial charge in [-0.25, -0.2) is 0 Å². The second kappa shape index (κ2) is 8.51. The number of fused-ring (bicyclic) bond motifs is 1. The molecule has 0 radical (unpaired) electrons. The first-order valence-corrected chi connectivity index (χ1v) is 8.92. The van der Waals surface area contributed by atoms with Crippen molar-refractivity contribution < 1.29 is 9.53 Å². The van der Waals surface area contributed by atoms with Crippen molar-refractivity contribution in [2.24, 2.45) is 0 Å². The van der Waals surface area contributed by atoms with Gasteiger partial charge in [-0.15, -0.1) is 0 Å². The fourth-order valence-electron chi connectivity index (χ4n) is 3.13. The Labute approximate surface area is 148 Å². The van der Waals surface area contributed by atoms with Crippen molar-refractivity contribution in [3.8, 4) is 5.88 Å². The fourth-order valence-corrected chi connectivity index (χ4v) is 3.13. The van der Waals surface area contributed by atoms with E-state index < -0.39 is 0 Å². The Morgan fingerprint density at radius 3 is 3.00 bits per heavy atom. The summed E-state index contributed by atoms with van der Waals surface area (Å²) >= 11 is 0. The summed E-state index contributed by atoms with van der Waals surface area (Å²) in [7, 11) is 0. The number of hydrogen-bond donors (Lipinski definition) is 2. The standard InChI is InChI=1S/C20H25N3O2/c1-15(24)21-19-10-6-11-20(23-19)25-14-5-4-8-17-13-12-16-7-2-3-9-18(16)22-17/h2-3,6-7,9-11,17,22H,4-5,8,12-14H2,1H3,(H,21,23,24). The van der Waals surface area contributed by atoms with E-state index in [0.717, 1.165) is 25.7 Å². The summed E-state index contributed by atoms with van der Waals surface area (Å²) < 4.78 is 5.69. The number of amides is 1. The van der Waals surface area contributed by atoms with Crippen LogP contribution in [0.15, 0.2) is 42.5 Å². The Morgan fingerprint density at radius 2 is 2.12 bits per heavy atom. The molecule has 0 saturated carbocycles. The van der Waals surface area contributed by atoms with E-state index in [4.69, 9.17) is 4.74 Å². The van der Waals surface area contributed by atoms with Crippen molar-refractivity contribution in [2.45, 2.75) is 45.1 Å².